The monoisotopic (exact) mass is 152 g/mol. The largest absolute Gasteiger partial charge is 0.135 e. The van der Waals surface area contributed by atoms with E-state index in [1.54, 1.807) is 0 Å². The van der Waals surface area contributed by atoms with Crippen molar-refractivity contribution in [2.45, 2.75) is 27.2 Å². The Morgan fingerprint density at radius 3 is 2.50 bits per heavy atom. The molecule has 0 aromatic carbocycles. The van der Waals surface area contributed by atoms with Crippen LogP contribution in [0.1, 0.15) is 27.2 Å². The maximum absolute atomic E-state index is 3.65. The van der Waals surface area contributed by atoms with Gasteiger partial charge in [0.15, 0.2) is 0 Å². The van der Waals surface area contributed by atoms with Crippen LogP contribution in [0.15, 0.2) is 12.3 Å². The quantitative estimate of drug-likeness (QED) is 0.396. The lowest BCUT2D eigenvalue weighted by molar-refractivity contribution is 0.428. The van der Waals surface area contributed by atoms with Gasteiger partial charge in [-0.3, -0.25) is 0 Å². The molecule has 0 spiro atoms. The Hall–Kier alpha value is -0.483. The van der Waals surface area contributed by atoms with E-state index in [2.05, 4.69) is 38.8 Å². The SMILES string of the molecule is C=C[SiH2]C#CCC(C)(C)C. The van der Waals surface area contributed by atoms with Gasteiger partial charge in [-0.15, -0.1) is 18.0 Å². The van der Waals surface area contributed by atoms with Crippen molar-refractivity contribution in [1.82, 2.24) is 0 Å². The highest BCUT2D eigenvalue weighted by Gasteiger charge is 2.05. The molecule has 0 aromatic heterocycles. The summed E-state index contributed by atoms with van der Waals surface area (Å²) in [5.74, 6) is 3.17. The lowest BCUT2D eigenvalue weighted by Gasteiger charge is -2.12. The molecule has 0 aliphatic carbocycles. The summed E-state index contributed by atoms with van der Waals surface area (Å²) in [6.45, 7) is 10.3. The molecule has 0 amide bonds. The van der Waals surface area contributed by atoms with Gasteiger partial charge >= 0.3 is 0 Å². The maximum Gasteiger partial charge on any atom is 0.129 e. The Labute approximate surface area is 66.5 Å². The van der Waals surface area contributed by atoms with Gasteiger partial charge in [-0.1, -0.05) is 26.5 Å². The summed E-state index contributed by atoms with van der Waals surface area (Å²) < 4.78 is 0. The van der Waals surface area contributed by atoms with Gasteiger partial charge in [-0.2, -0.15) is 0 Å². The predicted molar refractivity (Wildman–Crippen MR) is 50.6 cm³/mol. The van der Waals surface area contributed by atoms with Crippen molar-refractivity contribution < 1.29 is 0 Å². The molecule has 10 heavy (non-hydrogen) atoms. The third-order valence-electron chi connectivity index (χ3n) is 0.990. The van der Waals surface area contributed by atoms with Crippen molar-refractivity contribution in [3.63, 3.8) is 0 Å². The van der Waals surface area contributed by atoms with Gasteiger partial charge in [0.1, 0.15) is 9.52 Å². The molecule has 0 N–H and O–H groups in total. The van der Waals surface area contributed by atoms with E-state index >= 15 is 0 Å². The van der Waals surface area contributed by atoms with E-state index in [4.69, 9.17) is 0 Å². The molecule has 0 aliphatic rings. The Morgan fingerprint density at radius 1 is 1.50 bits per heavy atom. The highest BCUT2D eigenvalue weighted by atomic mass is 28.2. The summed E-state index contributed by atoms with van der Waals surface area (Å²) in [7, 11) is -0.244. The molecule has 0 radical (unpaired) electrons. The van der Waals surface area contributed by atoms with Gasteiger partial charge in [0.2, 0.25) is 0 Å². The lowest BCUT2D eigenvalue weighted by Crippen LogP contribution is -2.02. The standard InChI is InChI=1S/C9H16Si/c1-5-10-8-6-7-9(2,3)4/h5H,1,7,10H2,2-4H3. The van der Waals surface area contributed by atoms with Crippen LogP contribution in [0.2, 0.25) is 0 Å². The van der Waals surface area contributed by atoms with Crippen molar-refractivity contribution in [1.29, 1.82) is 0 Å². The van der Waals surface area contributed by atoms with Crippen LogP contribution < -0.4 is 0 Å². The molecule has 0 heterocycles. The van der Waals surface area contributed by atoms with Gasteiger partial charge in [0.25, 0.3) is 0 Å². The van der Waals surface area contributed by atoms with E-state index in [0.717, 1.165) is 6.42 Å². The molecule has 0 aromatic rings. The first-order chi connectivity index (χ1) is 4.56. The molecule has 0 aliphatic heterocycles. The van der Waals surface area contributed by atoms with Crippen molar-refractivity contribution >= 4 is 9.52 Å². The third kappa shape index (κ3) is 7.52. The second kappa shape index (κ2) is 4.35. The second-order valence-corrected chi connectivity index (χ2v) is 4.92. The van der Waals surface area contributed by atoms with Gasteiger partial charge in [0, 0.05) is 6.42 Å². The van der Waals surface area contributed by atoms with Crippen LogP contribution in [0.3, 0.4) is 0 Å². The highest BCUT2D eigenvalue weighted by Crippen LogP contribution is 2.16. The summed E-state index contributed by atoms with van der Waals surface area (Å²) in [5, 5.41) is 0. The molecule has 0 atom stereocenters. The number of hydrogen-bond donors (Lipinski definition) is 0. The average Bonchev–Trinajstić information content (AvgIpc) is 1.78. The fourth-order valence-electron chi connectivity index (χ4n) is 0.472. The van der Waals surface area contributed by atoms with Crippen LogP contribution in [0.4, 0.5) is 0 Å². The first kappa shape index (κ1) is 9.52. The summed E-state index contributed by atoms with van der Waals surface area (Å²) >= 11 is 0. The van der Waals surface area contributed by atoms with Gasteiger partial charge in [0.05, 0.1) is 0 Å². The van der Waals surface area contributed by atoms with E-state index in [9.17, 15) is 0 Å². The Morgan fingerprint density at radius 2 is 2.10 bits per heavy atom. The summed E-state index contributed by atoms with van der Waals surface area (Å²) in [6.07, 6.45) is 1.01. The lowest BCUT2D eigenvalue weighted by atomic mass is 9.93. The molecule has 1 heteroatoms. The number of hydrogen-bond acceptors (Lipinski definition) is 0. The fraction of sp³-hybridized carbons (Fsp3) is 0.556. The minimum Gasteiger partial charge on any atom is -0.135 e. The zero-order valence-electron chi connectivity index (χ0n) is 7.20. The fourth-order valence-corrected chi connectivity index (χ4v) is 0.886. The van der Waals surface area contributed by atoms with Crippen molar-refractivity contribution in [3.8, 4) is 11.5 Å². The van der Waals surface area contributed by atoms with E-state index in [1.165, 1.54) is 0 Å². The molecule has 0 bridgehead atoms. The Kier molecular flexibility index (Phi) is 4.14. The molecule has 0 fully saturated rings. The van der Waals surface area contributed by atoms with E-state index in [0.29, 0.717) is 5.41 Å². The van der Waals surface area contributed by atoms with Crippen LogP contribution in [0.5, 0.6) is 0 Å². The molecular weight excluding hydrogens is 136 g/mol. The van der Waals surface area contributed by atoms with E-state index in [1.807, 2.05) is 5.70 Å². The number of rotatable bonds is 1. The van der Waals surface area contributed by atoms with Crippen LogP contribution in [0.25, 0.3) is 0 Å². The van der Waals surface area contributed by atoms with Gasteiger partial charge in [-0.05, 0) is 5.41 Å². The Balaban J connectivity index is 3.55. The van der Waals surface area contributed by atoms with Gasteiger partial charge < -0.3 is 0 Å². The predicted octanol–water partition coefficient (Wildman–Crippen LogP) is 1.70. The van der Waals surface area contributed by atoms with Crippen molar-refractivity contribution in [2.75, 3.05) is 0 Å². The smallest absolute Gasteiger partial charge is 0.129 e. The zero-order valence-corrected chi connectivity index (χ0v) is 8.61. The van der Waals surface area contributed by atoms with Gasteiger partial charge in [-0.25, -0.2) is 0 Å². The first-order valence-electron chi connectivity index (χ1n) is 3.63. The summed E-state index contributed by atoms with van der Waals surface area (Å²) in [5.41, 5.74) is 5.49. The first-order valence-corrected chi connectivity index (χ1v) is 5.15. The minimum atomic E-state index is -0.244. The van der Waals surface area contributed by atoms with E-state index < -0.39 is 0 Å². The average molecular weight is 152 g/mol. The highest BCUT2D eigenvalue weighted by molar-refractivity contribution is 6.51. The Bertz CT molecular complexity index is 152. The topological polar surface area (TPSA) is 0 Å². The molecule has 0 saturated carbocycles. The molecular formula is C9H16Si. The van der Waals surface area contributed by atoms with Crippen molar-refractivity contribution in [3.05, 3.63) is 12.3 Å². The van der Waals surface area contributed by atoms with E-state index in [-0.39, 0.29) is 9.52 Å². The van der Waals surface area contributed by atoms with Crippen molar-refractivity contribution in [2.24, 2.45) is 5.41 Å². The summed E-state index contributed by atoms with van der Waals surface area (Å²) in [4.78, 5) is 0. The van der Waals surface area contributed by atoms with Crippen LogP contribution in [-0.4, -0.2) is 9.52 Å². The van der Waals surface area contributed by atoms with Crippen LogP contribution >= 0.6 is 0 Å². The molecule has 0 nitrogen and oxygen atoms in total. The molecule has 0 saturated heterocycles. The molecule has 0 rings (SSSR count). The van der Waals surface area contributed by atoms with Crippen LogP contribution in [-0.2, 0) is 0 Å². The van der Waals surface area contributed by atoms with Crippen LogP contribution in [0, 0.1) is 16.9 Å². The summed E-state index contributed by atoms with van der Waals surface area (Å²) in [6, 6.07) is 0. The molecule has 0 unspecified atom stereocenters. The maximum atomic E-state index is 3.65. The minimum absolute atomic E-state index is 0.244. The third-order valence-corrected chi connectivity index (χ3v) is 1.73. The normalized spacial score (nSPS) is 11.1. The molecule has 56 valence electrons. The zero-order chi connectivity index (χ0) is 8.04. The second-order valence-electron chi connectivity index (χ2n) is 3.58.